The van der Waals surface area contributed by atoms with E-state index in [0.717, 1.165) is 18.8 Å². The van der Waals surface area contributed by atoms with Crippen LogP contribution in [-0.2, 0) is 6.54 Å². The van der Waals surface area contributed by atoms with Crippen molar-refractivity contribution in [3.05, 3.63) is 29.8 Å². The van der Waals surface area contributed by atoms with Crippen LogP contribution in [0.1, 0.15) is 38.7 Å². The van der Waals surface area contributed by atoms with E-state index in [2.05, 4.69) is 42.3 Å². The Hall–Kier alpha value is -1.06. The molecule has 20 heavy (non-hydrogen) atoms. The maximum atomic E-state index is 5.32. The standard InChI is InChI=1S/C17H28N2O/c1-14(2)19(13-16-8-4-5-10-18-16)12-15-7-6-9-17(11-15)20-3/h6-7,9,11,14,16,18H,4-5,8,10,12-13H2,1-3H3. The van der Waals surface area contributed by atoms with Crippen LogP contribution in [0.25, 0.3) is 0 Å². The predicted octanol–water partition coefficient (Wildman–Crippen LogP) is 3.05. The molecule has 1 aliphatic rings. The summed E-state index contributed by atoms with van der Waals surface area (Å²) in [4.78, 5) is 2.55. The summed E-state index contributed by atoms with van der Waals surface area (Å²) >= 11 is 0. The summed E-state index contributed by atoms with van der Waals surface area (Å²) in [5.41, 5.74) is 1.33. The number of nitrogens with one attached hydrogen (secondary N) is 1. The van der Waals surface area contributed by atoms with E-state index in [0.29, 0.717) is 12.1 Å². The van der Waals surface area contributed by atoms with Gasteiger partial charge in [-0.3, -0.25) is 4.90 Å². The molecule has 3 nitrogen and oxygen atoms in total. The van der Waals surface area contributed by atoms with Gasteiger partial charge in [0.2, 0.25) is 0 Å². The van der Waals surface area contributed by atoms with Gasteiger partial charge in [0, 0.05) is 25.2 Å². The molecule has 0 aliphatic carbocycles. The van der Waals surface area contributed by atoms with Crippen LogP contribution in [0.3, 0.4) is 0 Å². The van der Waals surface area contributed by atoms with Gasteiger partial charge >= 0.3 is 0 Å². The maximum Gasteiger partial charge on any atom is 0.119 e. The van der Waals surface area contributed by atoms with E-state index < -0.39 is 0 Å². The summed E-state index contributed by atoms with van der Waals surface area (Å²) in [5, 5.41) is 3.65. The lowest BCUT2D eigenvalue weighted by Crippen LogP contribution is -2.45. The number of rotatable bonds is 6. The molecule has 1 saturated heterocycles. The second-order valence-corrected chi connectivity index (χ2v) is 6.02. The normalized spacial score (nSPS) is 19.6. The fraction of sp³-hybridized carbons (Fsp3) is 0.647. The van der Waals surface area contributed by atoms with Crippen molar-refractivity contribution in [3.8, 4) is 5.75 Å². The molecule has 1 aromatic rings. The van der Waals surface area contributed by atoms with Crippen molar-refractivity contribution in [2.24, 2.45) is 0 Å². The molecule has 1 unspecified atom stereocenters. The smallest absolute Gasteiger partial charge is 0.119 e. The Morgan fingerprint density at radius 3 is 2.85 bits per heavy atom. The molecule has 0 radical (unpaired) electrons. The van der Waals surface area contributed by atoms with Crippen molar-refractivity contribution in [2.75, 3.05) is 20.2 Å². The number of benzene rings is 1. The zero-order valence-electron chi connectivity index (χ0n) is 13.1. The zero-order chi connectivity index (χ0) is 14.4. The molecule has 3 heteroatoms. The van der Waals surface area contributed by atoms with Crippen LogP contribution >= 0.6 is 0 Å². The Bertz CT molecular complexity index is 400. The fourth-order valence-corrected chi connectivity index (χ4v) is 2.83. The first-order valence-electron chi connectivity index (χ1n) is 7.79. The number of piperidine rings is 1. The second kappa shape index (κ2) is 7.65. The Morgan fingerprint density at radius 1 is 1.35 bits per heavy atom. The third kappa shape index (κ3) is 4.50. The van der Waals surface area contributed by atoms with Crippen molar-refractivity contribution in [2.45, 2.75) is 51.7 Å². The van der Waals surface area contributed by atoms with E-state index >= 15 is 0 Å². The molecule has 1 aromatic carbocycles. The van der Waals surface area contributed by atoms with E-state index in [9.17, 15) is 0 Å². The van der Waals surface area contributed by atoms with E-state index in [1.54, 1.807) is 7.11 Å². The van der Waals surface area contributed by atoms with Gasteiger partial charge < -0.3 is 10.1 Å². The largest absolute Gasteiger partial charge is 0.497 e. The monoisotopic (exact) mass is 276 g/mol. The first kappa shape index (κ1) is 15.3. The molecule has 2 rings (SSSR count). The Balaban J connectivity index is 1.97. The molecule has 0 spiro atoms. The number of hydrogen-bond donors (Lipinski definition) is 1. The Kier molecular flexibility index (Phi) is 5.86. The summed E-state index contributed by atoms with van der Waals surface area (Å²) in [6.07, 6.45) is 4.00. The average Bonchev–Trinajstić information content (AvgIpc) is 2.48. The summed E-state index contributed by atoms with van der Waals surface area (Å²) in [6, 6.07) is 9.62. The fourth-order valence-electron chi connectivity index (χ4n) is 2.83. The summed E-state index contributed by atoms with van der Waals surface area (Å²) < 4.78 is 5.32. The van der Waals surface area contributed by atoms with E-state index in [1.807, 2.05) is 6.07 Å². The van der Waals surface area contributed by atoms with Crippen molar-refractivity contribution in [1.29, 1.82) is 0 Å². The van der Waals surface area contributed by atoms with Crippen LogP contribution in [-0.4, -0.2) is 37.2 Å². The molecule has 1 atom stereocenters. The minimum atomic E-state index is 0.560. The maximum absolute atomic E-state index is 5.32. The zero-order valence-corrected chi connectivity index (χ0v) is 13.1. The molecule has 1 aliphatic heterocycles. The van der Waals surface area contributed by atoms with Gasteiger partial charge in [0.25, 0.3) is 0 Å². The van der Waals surface area contributed by atoms with Gasteiger partial charge in [-0.15, -0.1) is 0 Å². The number of ether oxygens (including phenoxy) is 1. The topological polar surface area (TPSA) is 24.5 Å². The van der Waals surface area contributed by atoms with E-state index in [4.69, 9.17) is 4.74 Å². The highest BCUT2D eigenvalue weighted by atomic mass is 16.5. The molecule has 0 amide bonds. The molecule has 112 valence electrons. The third-order valence-electron chi connectivity index (χ3n) is 4.12. The number of hydrogen-bond acceptors (Lipinski definition) is 3. The minimum absolute atomic E-state index is 0.560. The van der Waals surface area contributed by atoms with E-state index in [-0.39, 0.29) is 0 Å². The number of methoxy groups -OCH3 is 1. The second-order valence-electron chi connectivity index (χ2n) is 6.02. The molecule has 1 fully saturated rings. The minimum Gasteiger partial charge on any atom is -0.497 e. The van der Waals surface area contributed by atoms with Gasteiger partial charge in [-0.2, -0.15) is 0 Å². The molecule has 0 bridgehead atoms. The van der Waals surface area contributed by atoms with Crippen LogP contribution < -0.4 is 10.1 Å². The molecule has 1 N–H and O–H groups in total. The van der Waals surface area contributed by atoms with Crippen molar-refractivity contribution in [1.82, 2.24) is 10.2 Å². The van der Waals surface area contributed by atoms with Crippen LogP contribution in [0.4, 0.5) is 0 Å². The highest BCUT2D eigenvalue weighted by Crippen LogP contribution is 2.17. The molecule has 0 aromatic heterocycles. The van der Waals surface area contributed by atoms with Crippen LogP contribution in [0.5, 0.6) is 5.75 Å². The van der Waals surface area contributed by atoms with Gasteiger partial charge in [0.05, 0.1) is 7.11 Å². The van der Waals surface area contributed by atoms with Gasteiger partial charge in [-0.05, 0) is 50.9 Å². The van der Waals surface area contributed by atoms with Gasteiger partial charge in [0.15, 0.2) is 0 Å². The quantitative estimate of drug-likeness (QED) is 0.864. The Labute approximate surface area is 123 Å². The SMILES string of the molecule is COc1cccc(CN(CC2CCCCN2)C(C)C)c1. The van der Waals surface area contributed by atoms with E-state index in [1.165, 1.54) is 31.4 Å². The van der Waals surface area contributed by atoms with Gasteiger partial charge in [-0.1, -0.05) is 18.6 Å². The number of nitrogens with zero attached hydrogens (tertiary/aromatic N) is 1. The van der Waals surface area contributed by atoms with Crippen molar-refractivity contribution >= 4 is 0 Å². The highest BCUT2D eigenvalue weighted by molar-refractivity contribution is 5.28. The lowest BCUT2D eigenvalue weighted by Gasteiger charge is -2.33. The van der Waals surface area contributed by atoms with Gasteiger partial charge in [0.1, 0.15) is 5.75 Å². The third-order valence-corrected chi connectivity index (χ3v) is 4.12. The molecular weight excluding hydrogens is 248 g/mol. The molecule has 0 saturated carbocycles. The lowest BCUT2D eigenvalue weighted by molar-refractivity contribution is 0.177. The average molecular weight is 276 g/mol. The first-order chi connectivity index (χ1) is 9.69. The first-order valence-corrected chi connectivity index (χ1v) is 7.79. The lowest BCUT2D eigenvalue weighted by atomic mass is 10.0. The summed E-state index contributed by atoms with van der Waals surface area (Å²) in [6.45, 7) is 7.86. The van der Waals surface area contributed by atoms with Crippen LogP contribution in [0, 0.1) is 0 Å². The van der Waals surface area contributed by atoms with Crippen molar-refractivity contribution in [3.63, 3.8) is 0 Å². The summed E-state index contributed by atoms with van der Waals surface area (Å²) in [5.74, 6) is 0.946. The van der Waals surface area contributed by atoms with Crippen LogP contribution in [0.15, 0.2) is 24.3 Å². The Morgan fingerprint density at radius 2 is 2.20 bits per heavy atom. The molecular formula is C17H28N2O. The summed E-state index contributed by atoms with van der Waals surface area (Å²) in [7, 11) is 1.73. The predicted molar refractivity (Wildman–Crippen MR) is 84.2 cm³/mol. The van der Waals surface area contributed by atoms with Crippen molar-refractivity contribution < 1.29 is 4.74 Å². The van der Waals surface area contributed by atoms with Crippen LogP contribution in [0.2, 0.25) is 0 Å². The highest BCUT2D eigenvalue weighted by Gasteiger charge is 2.18. The van der Waals surface area contributed by atoms with Gasteiger partial charge in [-0.25, -0.2) is 0 Å². The molecule has 1 heterocycles.